The van der Waals surface area contributed by atoms with Gasteiger partial charge in [-0.3, -0.25) is 14.3 Å². The number of anilines is 2. The number of rotatable bonds is 11. The largest absolute Gasteiger partial charge is 0.376 e. The molecule has 1 aromatic heterocycles. The summed E-state index contributed by atoms with van der Waals surface area (Å²) < 4.78 is 8.04. The number of nitrogens with one attached hydrogen (secondary N) is 2. The van der Waals surface area contributed by atoms with Gasteiger partial charge in [0.25, 0.3) is 11.8 Å². The fourth-order valence-corrected chi connectivity index (χ4v) is 6.46. The number of carbonyl (C=O) groups excluding carboxylic acids is 3. The van der Waals surface area contributed by atoms with Crippen LogP contribution in [0.1, 0.15) is 83.2 Å². The Morgan fingerprint density at radius 2 is 1.67 bits per heavy atom. The number of likely N-dealkylation sites (tertiary alicyclic amines) is 1. The van der Waals surface area contributed by atoms with Crippen molar-refractivity contribution in [3.63, 3.8) is 0 Å². The zero-order valence-corrected chi connectivity index (χ0v) is 30.0. The van der Waals surface area contributed by atoms with Crippen molar-refractivity contribution in [2.24, 2.45) is 0 Å². The second kappa shape index (κ2) is 15.9. The van der Waals surface area contributed by atoms with Gasteiger partial charge in [-0.1, -0.05) is 19.1 Å². The molecule has 1 atom stereocenters. The Labute approximate surface area is 290 Å². The molecule has 2 aliphatic heterocycles. The van der Waals surface area contributed by atoms with Crippen molar-refractivity contribution in [3.8, 4) is 0 Å². The highest BCUT2D eigenvalue weighted by atomic mass is 16.5. The normalized spacial score (nSPS) is 16.7. The van der Waals surface area contributed by atoms with Crippen LogP contribution in [0, 0.1) is 0 Å². The van der Waals surface area contributed by atoms with E-state index in [1.54, 1.807) is 19.0 Å². The molecule has 49 heavy (non-hydrogen) atoms. The van der Waals surface area contributed by atoms with Gasteiger partial charge in [0.2, 0.25) is 0 Å². The van der Waals surface area contributed by atoms with Crippen LogP contribution >= 0.6 is 0 Å². The second-order valence-corrected chi connectivity index (χ2v) is 13.9. The summed E-state index contributed by atoms with van der Waals surface area (Å²) in [5.74, 6) is -0.112. The minimum absolute atomic E-state index is 0.0297. The van der Waals surface area contributed by atoms with Gasteiger partial charge in [0.05, 0.1) is 12.7 Å². The predicted octanol–water partition coefficient (Wildman–Crippen LogP) is 4.79. The van der Waals surface area contributed by atoms with Gasteiger partial charge >= 0.3 is 6.03 Å². The standard InChI is InChI=1S/C37H52N8O4/c1-25(2)45-34-26(3)23-44(30-14-10-28(11-15-30)36(47)43(7)20-21-49-31-16-18-42(6)19-17-31)24-32(34)33(40-45)35(46)38-22-27-8-12-29(13-9-27)39-37(48)41(4)5/h8-15,25-26,31H,16-24H2,1-7H3,(H,38,46)(H,39,48)/t26-/m0/s1. The number of urea groups is 1. The van der Waals surface area contributed by atoms with Gasteiger partial charge in [-0.05, 0) is 75.7 Å². The molecule has 5 rings (SSSR count). The van der Waals surface area contributed by atoms with E-state index in [1.165, 1.54) is 4.90 Å². The lowest BCUT2D eigenvalue weighted by molar-refractivity contribution is 0.00532. The lowest BCUT2D eigenvalue weighted by Gasteiger charge is -2.34. The van der Waals surface area contributed by atoms with Crippen LogP contribution in [0.5, 0.6) is 0 Å². The van der Waals surface area contributed by atoms with E-state index in [1.807, 2.05) is 60.3 Å². The van der Waals surface area contributed by atoms with Gasteiger partial charge in [0, 0.05) is 101 Å². The molecule has 264 valence electrons. The molecule has 12 heteroatoms. The molecular formula is C37H52N8O4. The lowest BCUT2D eigenvalue weighted by Crippen LogP contribution is -2.36. The lowest BCUT2D eigenvalue weighted by atomic mass is 9.95. The number of benzene rings is 2. The van der Waals surface area contributed by atoms with E-state index in [2.05, 4.69) is 48.3 Å². The van der Waals surface area contributed by atoms with Crippen molar-refractivity contribution in [2.75, 3.05) is 71.2 Å². The summed E-state index contributed by atoms with van der Waals surface area (Å²) in [7, 11) is 7.33. The average molecular weight is 673 g/mol. The molecule has 0 radical (unpaired) electrons. The van der Waals surface area contributed by atoms with E-state index in [-0.39, 0.29) is 35.9 Å². The monoisotopic (exact) mass is 672 g/mol. The number of nitrogens with zero attached hydrogens (tertiary/aromatic N) is 6. The van der Waals surface area contributed by atoms with Crippen LogP contribution in [-0.2, 0) is 17.8 Å². The zero-order valence-electron chi connectivity index (χ0n) is 30.0. The number of amides is 4. The molecule has 4 amide bonds. The molecule has 12 nitrogen and oxygen atoms in total. The fourth-order valence-electron chi connectivity index (χ4n) is 6.46. The number of aromatic nitrogens is 2. The Kier molecular flexibility index (Phi) is 11.6. The Morgan fingerprint density at radius 1 is 1.00 bits per heavy atom. The summed E-state index contributed by atoms with van der Waals surface area (Å²) in [6, 6.07) is 15.1. The first kappa shape index (κ1) is 35.9. The van der Waals surface area contributed by atoms with Gasteiger partial charge in [-0.25, -0.2) is 4.79 Å². The summed E-state index contributed by atoms with van der Waals surface area (Å²) in [6.07, 6.45) is 2.34. The minimum atomic E-state index is -0.224. The van der Waals surface area contributed by atoms with Gasteiger partial charge in [-0.2, -0.15) is 5.10 Å². The number of piperidine rings is 1. The van der Waals surface area contributed by atoms with Gasteiger partial charge in [-0.15, -0.1) is 0 Å². The number of hydrogen-bond acceptors (Lipinski definition) is 7. The fraction of sp³-hybridized carbons (Fsp3) is 0.514. The summed E-state index contributed by atoms with van der Waals surface area (Å²) in [6.45, 7) is 11.2. The van der Waals surface area contributed by atoms with Crippen molar-refractivity contribution in [1.29, 1.82) is 0 Å². The first-order valence-electron chi connectivity index (χ1n) is 17.3. The van der Waals surface area contributed by atoms with Crippen molar-refractivity contribution in [2.45, 2.75) is 64.8 Å². The third-order valence-electron chi connectivity index (χ3n) is 9.40. The van der Waals surface area contributed by atoms with Crippen molar-refractivity contribution < 1.29 is 19.1 Å². The Bertz CT molecular complexity index is 1590. The quantitative estimate of drug-likeness (QED) is 0.301. The SMILES string of the molecule is CC(C)n1nc(C(=O)NCc2ccc(NC(=O)N(C)C)cc2)c2c1[C@@H](C)CN(c1ccc(C(=O)N(C)CCOC3CCN(C)CC3)cc1)C2. The Morgan fingerprint density at radius 3 is 2.31 bits per heavy atom. The van der Waals surface area contributed by atoms with E-state index in [4.69, 9.17) is 9.84 Å². The topological polar surface area (TPSA) is 115 Å². The van der Waals surface area contributed by atoms with Crippen LogP contribution in [0.3, 0.4) is 0 Å². The highest BCUT2D eigenvalue weighted by molar-refractivity contribution is 5.95. The van der Waals surface area contributed by atoms with E-state index in [0.717, 1.165) is 55.0 Å². The average Bonchev–Trinajstić information content (AvgIpc) is 3.49. The summed E-state index contributed by atoms with van der Waals surface area (Å²) in [5.41, 5.74) is 5.68. The molecule has 2 aliphatic rings. The van der Waals surface area contributed by atoms with Crippen LogP contribution in [-0.4, -0.2) is 109 Å². The molecule has 0 bridgehead atoms. The van der Waals surface area contributed by atoms with Crippen molar-refractivity contribution in [1.82, 2.24) is 29.8 Å². The van der Waals surface area contributed by atoms with E-state index >= 15 is 0 Å². The second-order valence-electron chi connectivity index (χ2n) is 13.9. The molecule has 3 heterocycles. The predicted molar refractivity (Wildman–Crippen MR) is 192 cm³/mol. The van der Waals surface area contributed by atoms with E-state index in [9.17, 15) is 14.4 Å². The number of likely N-dealkylation sites (N-methyl/N-ethyl adjacent to an activating group) is 1. The molecule has 3 aromatic rings. The summed E-state index contributed by atoms with van der Waals surface area (Å²) >= 11 is 0. The molecule has 0 spiro atoms. The third-order valence-corrected chi connectivity index (χ3v) is 9.40. The molecule has 0 unspecified atom stereocenters. The highest BCUT2D eigenvalue weighted by Crippen LogP contribution is 2.35. The summed E-state index contributed by atoms with van der Waals surface area (Å²) in [5, 5.41) is 10.7. The molecule has 1 fully saturated rings. The first-order valence-corrected chi connectivity index (χ1v) is 17.3. The highest BCUT2D eigenvalue weighted by Gasteiger charge is 2.33. The van der Waals surface area contributed by atoms with Crippen LogP contribution in [0.15, 0.2) is 48.5 Å². The number of hydrogen-bond donors (Lipinski definition) is 2. The van der Waals surface area contributed by atoms with E-state index in [0.29, 0.717) is 43.2 Å². The van der Waals surface area contributed by atoms with Gasteiger partial charge in [0.15, 0.2) is 5.69 Å². The molecule has 1 saturated heterocycles. The third kappa shape index (κ3) is 8.79. The number of ether oxygens (including phenoxy) is 1. The van der Waals surface area contributed by atoms with Gasteiger partial charge < -0.3 is 35.0 Å². The molecule has 2 aromatic carbocycles. The van der Waals surface area contributed by atoms with Crippen LogP contribution < -0.4 is 15.5 Å². The smallest absolute Gasteiger partial charge is 0.321 e. The molecule has 0 saturated carbocycles. The minimum Gasteiger partial charge on any atom is -0.376 e. The van der Waals surface area contributed by atoms with Crippen LogP contribution in [0.4, 0.5) is 16.2 Å². The molecule has 2 N–H and O–H groups in total. The maximum atomic E-state index is 13.6. The molecule has 0 aliphatic carbocycles. The zero-order chi connectivity index (χ0) is 35.2. The first-order chi connectivity index (χ1) is 23.4. The maximum absolute atomic E-state index is 13.6. The van der Waals surface area contributed by atoms with Crippen molar-refractivity contribution >= 4 is 29.2 Å². The van der Waals surface area contributed by atoms with Gasteiger partial charge in [0.1, 0.15) is 0 Å². The van der Waals surface area contributed by atoms with E-state index < -0.39 is 0 Å². The van der Waals surface area contributed by atoms with Crippen LogP contribution in [0.2, 0.25) is 0 Å². The number of fused-ring (bicyclic) bond motifs is 1. The Balaban J connectivity index is 1.22. The van der Waals surface area contributed by atoms with Crippen molar-refractivity contribution in [3.05, 3.63) is 76.6 Å². The Hall–Kier alpha value is -4.42. The maximum Gasteiger partial charge on any atom is 0.321 e. The number of carbonyl (C=O) groups is 3. The molecular weight excluding hydrogens is 620 g/mol. The van der Waals surface area contributed by atoms with Crippen LogP contribution in [0.25, 0.3) is 0 Å². The summed E-state index contributed by atoms with van der Waals surface area (Å²) in [4.78, 5) is 46.5.